The number of rotatable bonds is 9. The van der Waals surface area contributed by atoms with E-state index in [0.29, 0.717) is 58.8 Å². The van der Waals surface area contributed by atoms with Crippen LogP contribution in [0.1, 0.15) is 64.6 Å². The van der Waals surface area contributed by atoms with E-state index >= 15 is 0 Å². The minimum absolute atomic E-state index is 0.0910. The topological polar surface area (TPSA) is 123 Å². The van der Waals surface area contributed by atoms with Gasteiger partial charge in [-0.1, -0.05) is 17.8 Å². The number of thioether (sulfide) groups is 1. The standard InChI is InChI=1S/C24H28N6O4S/c1-5-34-23(33)20-14(2)21(26-15(20)3)22(32)16(4)35-24-28-27-18(13-29-12-8-10-19(29)31)30(24)17-9-6-7-11-25-17/h6-7,9,11,16,26H,5,8,10,12-13H2,1-4H3/t16-/m0/s1. The number of carbonyl (C=O) groups is 3. The molecule has 0 saturated carbocycles. The van der Waals surface area contributed by atoms with Gasteiger partial charge in [-0.25, -0.2) is 9.78 Å². The van der Waals surface area contributed by atoms with E-state index in [2.05, 4.69) is 20.2 Å². The second-order valence-corrected chi connectivity index (χ2v) is 9.62. The van der Waals surface area contributed by atoms with E-state index in [1.807, 2.05) is 18.2 Å². The summed E-state index contributed by atoms with van der Waals surface area (Å²) in [6, 6.07) is 5.51. The molecule has 4 rings (SSSR count). The Bertz CT molecular complexity index is 1250. The third kappa shape index (κ3) is 5.00. The van der Waals surface area contributed by atoms with Gasteiger partial charge in [0.25, 0.3) is 0 Å². The number of esters is 1. The maximum absolute atomic E-state index is 13.4. The second-order valence-electron chi connectivity index (χ2n) is 8.31. The van der Waals surface area contributed by atoms with Gasteiger partial charge in [0.15, 0.2) is 16.8 Å². The quantitative estimate of drug-likeness (QED) is 0.272. The Balaban J connectivity index is 1.61. The lowest BCUT2D eigenvalue weighted by molar-refractivity contribution is -0.128. The molecule has 0 bridgehead atoms. The number of hydrogen-bond acceptors (Lipinski definition) is 8. The van der Waals surface area contributed by atoms with E-state index < -0.39 is 11.2 Å². The van der Waals surface area contributed by atoms with Gasteiger partial charge >= 0.3 is 5.97 Å². The molecule has 1 aliphatic rings. The Hall–Kier alpha value is -3.47. The molecule has 1 aliphatic heterocycles. The van der Waals surface area contributed by atoms with Crippen molar-refractivity contribution in [3.8, 4) is 5.82 Å². The summed E-state index contributed by atoms with van der Waals surface area (Å²) in [5.41, 5.74) is 1.92. The molecule has 184 valence electrons. The summed E-state index contributed by atoms with van der Waals surface area (Å²) >= 11 is 1.25. The molecule has 0 spiro atoms. The molecule has 35 heavy (non-hydrogen) atoms. The minimum atomic E-state index is -0.533. The number of carbonyl (C=O) groups excluding carboxylic acids is 3. The number of aromatic amines is 1. The van der Waals surface area contributed by atoms with Gasteiger partial charge in [-0.3, -0.25) is 14.2 Å². The van der Waals surface area contributed by atoms with Crippen molar-refractivity contribution < 1.29 is 19.1 Å². The van der Waals surface area contributed by atoms with Crippen molar-refractivity contribution in [2.45, 2.75) is 57.5 Å². The molecule has 0 aromatic carbocycles. The molecule has 0 unspecified atom stereocenters. The van der Waals surface area contributed by atoms with Crippen LogP contribution in [0.4, 0.5) is 0 Å². The Kier molecular flexibility index (Phi) is 7.34. The number of hydrogen-bond donors (Lipinski definition) is 1. The molecule has 3 aromatic rings. The second kappa shape index (κ2) is 10.4. The number of ketones is 1. The van der Waals surface area contributed by atoms with Crippen molar-refractivity contribution >= 4 is 29.4 Å². The predicted octanol–water partition coefficient (Wildman–Crippen LogP) is 3.27. The zero-order chi connectivity index (χ0) is 25.1. The fraction of sp³-hybridized carbons (Fsp3) is 0.417. The lowest BCUT2D eigenvalue weighted by atomic mass is 10.1. The third-order valence-corrected chi connectivity index (χ3v) is 6.94. The Morgan fingerprint density at radius 2 is 2.06 bits per heavy atom. The largest absolute Gasteiger partial charge is 0.462 e. The summed E-state index contributed by atoms with van der Waals surface area (Å²) in [4.78, 5) is 47.1. The summed E-state index contributed by atoms with van der Waals surface area (Å²) in [5, 5.41) is 8.63. The van der Waals surface area contributed by atoms with Crippen LogP contribution < -0.4 is 0 Å². The Morgan fingerprint density at radius 3 is 2.71 bits per heavy atom. The van der Waals surface area contributed by atoms with Crippen LogP contribution in [0.3, 0.4) is 0 Å². The van der Waals surface area contributed by atoms with Gasteiger partial charge in [-0.05, 0) is 51.8 Å². The van der Waals surface area contributed by atoms with E-state index in [4.69, 9.17) is 4.74 Å². The van der Waals surface area contributed by atoms with Crippen LogP contribution in [0.15, 0.2) is 29.6 Å². The predicted molar refractivity (Wildman–Crippen MR) is 130 cm³/mol. The molecule has 10 nitrogen and oxygen atoms in total. The van der Waals surface area contributed by atoms with Crippen molar-refractivity contribution in [1.82, 2.24) is 29.6 Å². The average Bonchev–Trinajstić information content (AvgIpc) is 3.51. The number of amides is 1. The SMILES string of the molecule is CCOC(=O)c1c(C)[nH]c(C(=O)[C@H](C)Sc2nnc(CN3CCCC3=O)n2-c2ccccn2)c1C. The van der Waals surface area contributed by atoms with E-state index in [9.17, 15) is 14.4 Å². The van der Waals surface area contributed by atoms with Crippen LogP contribution >= 0.6 is 11.8 Å². The Morgan fingerprint density at radius 1 is 1.26 bits per heavy atom. The number of Topliss-reactive ketones (excluding diaryl/α,β-unsaturated/α-hetero) is 1. The first kappa shape index (κ1) is 24.6. The Labute approximate surface area is 207 Å². The van der Waals surface area contributed by atoms with Gasteiger partial charge in [0, 0.05) is 24.9 Å². The van der Waals surface area contributed by atoms with Gasteiger partial charge in [0.1, 0.15) is 5.82 Å². The molecule has 11 heteroatoms. The number of nitrogens with one attached hydrogen (secondary N) is 1. The van der Waals surface area contributed by atoms with Crippen molar-refractivity contribution in [2.75, 3.05) is 13.2 Å². The maximum Gasteiger partial charge on any atom is 0.340 e. The van der Waals surface area contributed by atoms with Crippen LogP contribution in [0.5, 0.6) is 0 Å². The van der Waals surface area contributed by atoms with Crippen LogP contribution in [-0.2, 0) is 16.1 Å². The summed E-state index contributed by atoms with van der Waals surface area (Å²) < 4.78 is 6.93. The van der Waals surface area contributed by atoms with Gasteiger partial charge in [-0.2, -0.15) is 0 Å². The molecule has 1 fully saturated rings. The molecular formula is C24H28N6O4S. The highest BCUT2D eigenvalue weighted by atomic mass is 32.2. The normalized spacial score (nSPS) is 14.4. The summed E-state index contributed by atoms with van der Waals surface area (Å²) in [5.74, 6) is 0.663. The highest BCUT2D eigenvalue weighted by Crippen LogP contribution is 2.29. The van der Waals surface area contributed by atoms with Crippen molar-refractivity contribution in [3.05, 3.63) is 52.7 Å². The number of likely N-dealkylation sites (tertiary alicyclic amines) is 1. The van der Waals surface area contributed by atoms with Gasteiger partial charge < -0.3 is 14.6 Å². The molecular weight excluding hydrogens is 468 g/mol. The van der Waals surface area contributed by atoms with Crippen LogP contribution in [0.25, 0.3) is 5.82 Å². The fourth-order valence-electron chi connectivity index (χ4n) is 4.16. The molecule has 1 atom stereocenters. The number of aromatic nitrogens is 5. The molecule has 1 saturated heterocycles. The summed E-state index contributed by atoms with van der Waals surface area (Å²) in [6.45, 7) is 8.27. The highest BCUT2D eigenvalue weighted by molar-refractivity contribution is 8.00. The number of ether oxygens (including phenoxy) is 1. The van der Waals surface area contributed by atoms with Gasteiger partial charge in [-0.15, -0.1) is 10.2 Å². The number of H-pyrrole nitrogens is 1. The molecule has 0 aliphatic carbocycles. The van der Waals surface area contributed by atoms with Gasteiger partial charge in [0.05, 0.1) is 29.7 Å². The van der Waals surface area contributed by atoms with E-state index in [-0.39, 0.29) is 18.3 Å². The first-order valence-corrected chi connectivity index (χ1v) is 12.4. The zero-order valence-corrected chi connectivity index (χ0v) is 21.0. The van der Waals surface area contributed by atoms with Crippen molar-refractivity contribution in [1.29, 1.82) is 0 Å². The fourth-order valence-corrected chi connectivity index (χ4v) is 5.09. The van der Waals surface area contributed by atoms with E-state index in [1.54, 1.807) is 43.4 Å². The smallest absolute Gasteiger partial charge is 0.340 e. The first-order chi connectivity index (χ1) is 16.8. The summed E-state index contributed by atoms with van der Waals surface area (Å²) in [6.07, 6.45) is 3.03. The summed E-state index contributed by atoms with van der Waals surface area (Å²) in [7, 11) is 0. The first-order valence-electron chi connectivity index (χ1n) is 11.5. The van der Waals surface area contributed by atoms with E-state index in [1.165, 1.54) is 11.8 Å². The van der Waals surface area contributed by atoms with Crippen LogP contribution in [0.2, 0.25) is 0 Å². The zero-order valence-electron chi connectivity index (χ0n) is 20.2. The van der Waals surface area contributed by atoms with Crippen LogP contribution in [-0.4, -0.2) is 65.7 Å². The van der Waals surface area contributed by atoms with E-state index in [0.717, 1.165) is 6.42 Å². The third-order valence-electron chi connectivity index (χ3n) is 5.90. The van der Waals surface area contributed by atoms with Crippen LogP contribution in [0, 0.1) is 13.8 Å². The number of nitrogens with zero attached hydrogens (tertiary/aromatic N) is 5. The van der Waals surface area contributed by atoms with Crippen molar-refractivity contribution in [2.24, 2.45) is 0 Å². The average molecular weight is 497 g/mol. The maximum atomic E-state index is 13.4. The van der Waals surface area contributed by atoms with Crippen molar-refractivity contribution in [3.63, 3.8) is 0 Å². The lowest BCUT2D eigenvalue weighted by Gasteiger charge is -2.16. The van der Waals surface area contributed by atoms with Gasteiger partial charge in [0.2, 0.25) is 5.91 Å². The lowest BCUT2D eigenvalue weighted by Crippen LogP contribution is -2.26. The number of pyridine rings is 1. The number of aryl methyl sites for hydroxylation is 1. The molecule has 1 N–H and O–H groups in total. The minimum Gasteiger partial charge on any atom is -0.462 e. The molecule has 3 aromatic heterocycles. The monoisotopic (exact) mass is 496 g/mol. The molecule has 0 radical (unpaired) electrons. The molecule has 1 amide bonds. The highest BCUT2D eigenvalue weighted by Gasteiger charge is 2.29. The molecule has 4 heterocycles.